The van der Waals surface area contributed by atoms with Crippen molar-refractivity contribution in [1.82, 2.24) is 0 Å². The molecule has 0 atom stereocenters. The molecule has 0 aliphatic rings. The summed E-state index contributed by atoms with van der Waals surface area (Å²) in [5.74, 6) is 13.1. The summed E-state index contributed by atoms with van der Waals surface area (Å²) in [6.45, 7) is 23.1. The Bertz CT molecular complexity index is 1130. The molecule has 0 fully saturated rings. The quantitative estimate of drug-likeness (QED) is 0.272. The van der Waals surface area contributed by atoms with E-state index < -0.39 is 0 Å². The molecule has 2 heteroatoms. The number of thiophene rings is 2. The van der Waals surface area contributed by atoms with Crippen molar-refractivity contribution in [3.63, 3.8) is 0 Å². The van der Waals surface area contributed by atoms with Crippen LogP contribution in [0.15, 0.2) is 96.8 Å². The van der Waals surface area contributed by atoms with Gasteiger partial charge < -0.3 is 0 Å². The van der Waals surface area contributed by atoms with Crippen LogP contribution in [0.1, 0.15) is 38.8 Å². The fraction of sp³-hybridized carbons (Fsp3) is 0.133. The van der Waals surface area contributed by atoms with E-state index in [1.165, 1.54) is 0 Å². The predicted molar refractivity (Wildman–Crippen MR) is 151 cm³/mol. The zero-order valence-electron chi connectivity index (χ0n) is 19.4. The molecule has 0 unspecified atom stereocenters. The van der Waals surface area contributed by atoms with Crippen LogP contribution < -0.4 is 0 Å². The molecule has 0 N–H and O–H groups in total. The third-order valence-electron chi connectivity index (χ3n) is 4.02. The van der Waals surface area contributed by atoms with Gasteiger partial charge in [-0.15, -0.1) is 22.7 Å². The molecule has 2 aromatic heterocycles. The molecule has 3 rings (SSSR count). The van der Waals surface area contributed by atoms with Crippen LogP contribution >= 0.6 is 22.7 Å². The number of rotatable bonds is 4. The first kappa shape index (κ1) is 26.7. The SMILES string of the molecule is C=C/C=C(/C#Cc1c2ccsc2c(C#C/C(C=C)=C/C=C)c2ccsc12)C=C.CC.CC. The summed E-state index contributed by atoms with van der Waals surface area (Å²) in [7, 11) is 0. The van der Waals surface area contributed by atoms with Crippen LogP contribution in [0.5, 0.6) is 0 Å². The van der Waals surface area contributed by atoms with Crippen LogP contribution in [0.3, 0.4) is 0 Å². The van der Waals surface area contributed by atoms with Crippen molar-refractivity contribution in [3.05, 3.63) is 108 Å². The molecule has 1 aromatic carbocycles. The lowest BCUT2D eigenvalue weighted by atomic mass is 10.0. The second-order valence-corrected chi connectivity index (χ2v) is 7.53. The highest BCUT2D eigenvalue weighted by molar-refractivity contribution is 7.19. The summed E-state index contributed by atoms with van der Waals surface area (Å²) in [5, 5.41) is 6.44. The van der Waals surface area contributed by atoms with E-state index in [0.717, 1.165) is 42.4 Å². The Morgan fingerprint density at radius 2 is 1.06 bits per heavy atom. The van der Waals surface area contributed by atoms with Gasteiger partial charge in [-0.25, -0.2) is 0 Å². The average molecular weight is 455 g/mol. The summed E-state index contributed by atoms with van der Waals surface area (Å²) in [6, 6.07) is 4.24. The number of benzene rings is 1. The van der Waals surface area contributed by atoms with E-state index in [2.05, 4.69) is 72.9 Å². The maximum atomic E-state index is 3.82. The molecule has 0 spiro atoms. The molecule has 0 saturated heterocycles. The third-order valence-corrected chi connectivity index (χ3v) is 5.89. The van der Waals surface area contributed by atoms with Crippen LogP contribution in [0, 0.1) is 23.7 Å². The average Bonchev–Trinajstić information content (AvgIpc) is 3.52. The minimum absolute atomic E-state index is 0.845. The van der Waals surface area contributed by atoms with Crippen molar-refractivity contribution in [3.8, 4) is 23.7 Å². The van der Waals surface area contributed by atoms with Crippen LogP contribution in [0.2, 0.25) is 0 Å². The van der Waals surface area contributed by atoms with Gasteiger partial charge in [0.05, 0.1) is 20.5 Å². The molecule has 0 aliphatic carbocycles. The Labute approximate surface area is 201 Å². The third kappa shape index (κ3) is 6.35. The summed E-state index contributed by atoms with van der Waals surface area (Å²) in [6.07, 6.45) is 10.7. The lowest BCUT2D eigenvalue weighted by molar-refractivity contribution is 1.50. The number of allylic oxidation sites excluding steroid dienone is 8. The first-order chi connectivity index (χ1) is 15.7. The Hall–Kier alpha value is -3.30. The van der Waals surface area contributed by atoms with Gasteiger partial charge in [-0.2, -0.15) is 0 Å². The van der Waals surface area contributed by atoms with Crippen molar-refractivity contribution in [1.29, 1.82) is 0 Å². The Balaban J connectivity index is 0.00000121. The van der Waals surface area contributed by atoms with Gasteiger partial charge in [0.15, 0.2) is 0 Å². The molecular formula is C30H30S2. The lowest BCUT2D eigenvalue weighted by Crippen LogP contribution is -1.84. The van der Waals surface area contributed by atoms with Crippen molar-refractivity contribution >= 4 is 42.8 Å². The summed E-state index contributed by atoms with van der Waals surface area (Å²) < 4.78 is 2.30. The maximum absolute atomic E-state index is 3.82. The molecule has 0 bridgehead atoms. The molecule has 2 heterocycles. The van der Waals surface area contributed by atoms with E-state index in [-0.39, 0.29) is 0 Å². The van der Waals surface area contributed by atoms with Gasteiger partial charge in [0, 0.05) is 21.9 Å². The predicted octanol–water partition coefficient (Wildman–Crippen LogP) is 9.47. The van der Waals surface area contributed by atoms with Gasteiger partial charge in [0.2, 0.25) is 0 Å². The molecule has 0 amide bonds. The summed E-state index contributed by atoms with van der Waals surface area (Å²) in [5.41, 5.74) is 3.76. The molecule has 3 aromatic rings. The second kappa shape index (κ2) is 14.7. The number of fused-ring (bicyclic) bond motifs is 2. The Kier molecular flexibility index (Phi) is 12.2. The van der Waals surface area contributed by atoms with Gasteiger partial charge in [0.1, 0.15) is 0 Å². The van der Waals surface area contributed by atoms with E-state index >= 15 is 0 Å². The van der Waals surface area contributed by atoms with Crippen molar-refractivity contribution in [2.45, 2.75) is 27.7 Å². The molecule has 32 heavy (non-hydrogen) atoms. The smallest absolute Gasteiger partial charge is 0.0519 e. The molecular weight excluding hydrogens is 424 g/mol. The van der Waals surface area contributed by atoms with E-state index in [9.17, 15) is 0 Å². The van der Waals surface area contributed by atoms with Crippen molar-refractivity contribution in [2.75, 3.05) is 0 Å². The lowest BCUT2D eigenvalue weighted by Gasteiger charge is -2.03. The van der Waals surface area contributed by atoms with Gasteiger partial charge in [0.25, 0.3) is 0 Å². The molecule has 0 radical (unpaired) electrons. The first-order valence-electron chi connectivity index (χ1n) is 10.6. The highest BCUT2D eigenvalue weighted by atomic mass is 32.1. The monoisotopic (exact) mass is 454 g/mol. The van der Waals surface area contributed by atoms with Gasteiger partial charge in [-0.05, 0) is 35.0 Å². The van der Waals surface area contributed by atoms with Crippen LogP contribution in [-0.4, -0.2) is 0 Å². The minimum atomic E-state index is 0.845. The van der Waals surface area contributed by atoms with E-state index in [4.69, 9.17) is 0 Å². The van der Waals surface area contributed by atoms with Gasteiger partial charge in [-0.3, -0.25) is 0 Å². The van der Waals surface area contributed by atoms with Crippen LogP contribution in [-0.2, 0) is 0 Å². The standard InChI is InChI=1S/C26H18S2.2C2H6/c1-5-9-19(7-3)11-13-21-23-15-17-28-26(23)22(24-16-18-27-25(21)24)14-12-20(8-4)10-6-2;2*1-2/h5-10,15-18H,1-4H2;2*1-2H3/b19-9+,20-10+;;. The van der Waals surface area contributed by atoms with Crippen LogP contribution in [0.25, 0.3) is 20.2 Å². The largest absolute Gasteiger partial charge is 0.142 e. The first-order valence-corrected chi connectivity index (χ1v) is 12.3. The molecule has 0 saturated carbocycles. The minimum Gasteiger partial charge on any atom is -0.142 e. The Morgan fingerprint density at radius 3 is 1.38 bits per heavy atom. The second-order valence-electron chi connectivity index (χ2n) is 5.70. The maximum Gasteiger partial charge on any atom is 0.0519 e. The topological polar surface area (TPSA) is 0 Å². The molecule has 162 valence electrons. The fourth-order valence-corrected chi connectivity index (χ4v) is 4.57. The van der Waals surface area contributed by atoms with Crippen LogP contribution in [0.4, 0.5) is 0 Å². The number of hydrogen-bond acceptors (Lipinski definition) is 2. The number of hydrogen-bond donors (Lipinski definition) is 0. The van der Waals surface area contributed by atoms with E-state index in [0.29, 0.717) is 0 Å². The summed E-state index contributed by atoms with van der Waals surface area (Å²) in [4.78, 5) is 0. The van der Waals surface area contributed by atoms with Crippen molar-refractivity contribution < 1.29 is 0 Å². The highest BCUT2D eigenvalue weighted by Gasteiger charge is 2.14. The normalized spacial score (nSPS) is 10.2. The molecule has 0 aliphatic heterocycles. The summed E-state index contributed by atoms with van der Waals surface area (Å²) >= 11 is 3.37. The van der Waals surface area contributed by atoms with Crippen molar-refractivity contribution in [2.24, 2.45) is 0 Å². The highest BCUT2D eigenvalue weighted by Crippen LogP contribution is 2.38. The van der Waals surface area contributed by atoms with Gasteiger partial charge >= 0.3 is 0 Å². The zero-order chi connectivity index (χ0) is 23.9. The van der Waals surface area contributed by atoms with E-state index in [1.807, 2.05) is 39.8 Å². The van der Waals surface area contributed by atoms with Gasteiger partial charge in [-0.1, -0.05) is 102 Å². The van der Waals surface area contributed by atoms with E-state index in [1.54, 1.807) is 47.0 Å². The molecule has 0 nitrogen and oxygen atoms in total. The zero-order valence-corrected chi connectivity index (χ0v) is 21.1. The fourth-order valence-electron chi connectivity index (χ4n) is 2.74. The Morgan fingerprint density at radius 1 is 0.688 bits per heavy atom.